The van der Waals surface area contributed by atoms with Gasteiger partial charge in [0.2, 0.25) is 0 Å². The number of hydrogen-bond donors (Lipinski definition) is 0. The molecule has 2 aromatic rings. The molecule has 4 nitrogen and oxygen atoms in total. The van der Waals surface area contributed by atoms with Crippen LogP contribution < -0.4 is 14.4 Å². The highest BCUT2D eigenvalue weighted by molar-refractivity contribution is 9.10. The molecule has 0 aromatic heterocycles. The number of nitrogens with zero attached hydrogens (tertiary/aromatic N) is 1. The summed E-state index contributed by atoms with van der Waals surface area (Å²) >= 11 is 3.36. The molecule has 0 saturated carbocycles. The lowest BCUT2D eigenvalue weighted by Gasteiger charge is -2.22. The van der Waals surface area contributed by atoms with Crippen molar-refractivity contribution in [3.63, 3.8) is 0 Å². The van der Waals surface area contributed by atoms with Crippen molar-refractivity contribution in [1.29, 1.82) is 0 Å². The van der Waals surface area contributed by atoms with Crippen LogP contribution in [0.4, 0.5) is 5.69 Å². The Bertz CT molecular complexity index is 670. The fourth-order valence-corrected chi connectivity index (χ4v) is 2.41. The van der Waals surface area contributed by atoms with E-state index in [1.165, 1.54) is 0 Å². The second kappa shape index (κ2) is 5.77. The Morgan fingerprint density at radius 2 is 1.71 bits per heavy atom. The highest BCUT2D eigenvalue weighted by atomic mass is 79.9. The molecule has 0 radical (unpaired) electrons. The molecule has 0 bridgehead atoms. The molecular formula is C16H14BrNO3. The Labute approximate surface area is 131 Å². The minimum atomic E-state index is -0.0702. The summed E-state index contributed by atoms with van der Waals surface area (Å²) in [5, 5.41) is 0. The number of hydrogen-bond acceptors (Lipinski definition) is 3. The normalized spacial score (nSPS) is 12.9. The van der Waals surface area contributed by atoms with Crippen molar-refractivity contribution < 1.29 is 14.3 Å². The van der Waals surface area contributed by atoms with Crippen molar-refractivity contribution in [3.05, 3.63) is 52.5 Å². The summed E-state index contributed by atoms with van der Waals surface area (Å²) in [4.78, 5) is 14.1. The van der Waals surface area contributed by atoms with E-state index in [0.717, 1.165) is 15.9 Å². The summed E-state index contributed by atoms with van der Waals surface area (Å²) in [6.45, 7) is 1.08. The van der Waals surface area contributed by atoms with E-state index in [9.17, 15) is 4.79 Å². The predicted molar refractivity (Wildman–Crippen MR) is 84.3 cm³/mol. The SMILES string of the molecule is CN(C(=O)c1ccc(Br)cc1)c1ccc2c(c1)OCCO2. The zero-order valence-corrected chi connectivity index (χ0v) is 13.1. The van der Waals surface area contributed by atoms with Crippen LogP contribution in [-0.4, -0.2) is 26.2 Å². The number of rotatable bonds is 2. The van der Waals surface area contributed by atoms with Crippen LogP contribution in [-0.2, 0) is 0 Å². The topological polar surface area (TPSA) is 38.8 Å². The zero-order valence-electron chi connectivity index (χ0n) is 11.5. The van der Waals surface area contributed by atoms with Gasteiger partial charge in [-0.1, -0.05) is 15.9 Å². The van der Waals surface area contributed by atoms with Crippen LogP contribution in [0.3, 0.4) is 0 Å². The summed E-state index contributed by atoms with van der Waals surface area (Å²) < 4.78 is 12.0. The third-order valence-corrected chi connectivity index (χ3v) is 3.84. The first-order valence-electron chi connectivity index (χ1n) is 6.58. The molecule has 1 heterocycles. The van der Waals surface area contributed by atoms with E-state index in [2.05, 4.69) is 15.9 Å². The maximum absolute atomic E-state index is 12.5. The molecule has 2 aromatic carbocycles. The first-order chi connectivity index (χ1) is 10.1. The third kappa shape index (κ3) is 2.88. The quantitative estimate of drug-likeness (QED) is 0.834. The minimum Gasteiger partial charge on any atom is -0.486 e. The van der Waals surface area contributed by atoms with E-state index in [1.54, 1.807) is 24.1 Å². The lowest BCUT2D eigenvalue weighted by molar-refractivity contribution is 0.0993. The highest BCUT2D eigenvalue weighted by Crippen LogP contribution is 2.34. The summed E-state index contributed by atoms with van der Waals surface area (Å²) in [5.74, 6) is 1.32. The van der Waals surface area contributed by atoms with Crippen LogP contribution in [0, 0.1) is 0 Å². The summed E-state index contributed by atoms with van der Waals surface area (Å²) in [6, 6.07) is 12.8. The minimum absolute atomic E-state index is 0.0702. The molecule has 0 unspecified atom stereocenters. The Balaban J connectivity index is 1.85. The van der Waals surface area contributed by atoms with Crippen LogP contribution in [0.1, 0.15) is 10.4 Å². The van der Waals surface area contributed by atoms with Gasteiger partial charge in [-0.05, 0) is 36.4 Å². The van der Waals surface area contributed by atoms with Crippen LogP contribution >= 0.6 is 15.9 Å². The third-order valence-electron chi connectivity index (χ3n) is 3.31. The Morgan fingerprint density at radius 1 is 1.05 bits per heavy atom. The van der Waals surface area contributed by atoms with E-state index in [4.69, 9.17) is 9.47 Å². The summed E-state index contributed by atoms with van der Waals surface area (Å²) in [6.07, 6.45) is 0. The van der Waals surface area contributed by atoms with Gasteiger partial charge in [-0.3, -0.25) is 4.79 Å². The van der Waals surface area contributed by atoms with Gasteiger partial charge in [0.05, 0.1) is 0 Å². The number of fused-ring (bicyclic) bond motifs is 1. The zero-order chi connectivity index (χ0) is 14.8. The highest BCUT2D eigenvalue weighted by Gasteiger charge is 2.17. The van der Waals surface area contributed by atoms with Crippen molar-refractivity contribution in [1.82, 2.24) is 0 Å². The lowest BCUT2D eigenvalue weighted by Crippen LogP contribution is -2.26. The second-order valence-corrected chi connectivity index (χ2v) is 5.61. The van der Waals surface area contributed by atoms with Gasteiger partial charge in [-0.2, -0.15) is 0 Å². The molecule has 21 heavy (non-hydrogen) atoms. The van der Waals surface area contributed by atoms with Gasteiger partial charge >= 0.3 is 0 Å². The molecule has 0 atom stereocenters. The van der Waals surface area contributed by atoms with E-state index < -0.39 is 0 Å². The lowest BCUT2D eigenvalue weighted by atomic mass is 10.2. The van der Waals surface area contributed by atoms with Gasteiger partial charge in [-0.25, -0.2) is 0 Å². The van der Waals surface area contributed by atoms with E-state index >= 15 is 0 Å². The largest absolute Gasteiger partial charge is 0.486 e. The molecule has 1 aliphatic heterocycles. The molecule has 3 rings (SSSR count). The van der Waals surface area contributed by atoms with Gasteiger partial charge in [0.25, 0.3) is 5.91 Å². The number of benzene rings is 2. The molecule has 0 aliphatic carbocycles. The molecule has 0 saturated heterocycles. The van der Waals surface area contributed by atoms with Gasteiger partial charge in [-0.15, -0.1) is 0 Å². The molecule has 1 amide bonds. The van der Waals surface area contributed by atoms with Crippen LogP contribution in [0.2, 0.25) is 0 Å². The monoisotopic (exact) mass is 347 g/mol. The van der Waals surface area contributed by atoms with E-state index in [1.807, 2.05) is 30.3 Å². The number of carbonyl (C=O) groups is 1. The predicted octanol–water partition coefficient (Wildman–Crippen LogP) is 3.50. The van der Waals surface area contributed by atoms with Crippen molar-refractivity contribution in [3.8, 4) is 11.5 Å². The maximum atomic E-state index is 12.5. The average molecular weight is 348 g/mol. The van der Waals surface area contributed by atoms with E-state index in [-0.39, 0.29) is 5.91 Å². The molecule has 5 heteroatoms. The van der Waals surface area contributed by atoms with Crippen LogP contribution in [0.15, 0.2) is 46.9 Å². The Hall–Kier alpha value is -2.01. The molecule has 108 valence electrons. The van der Waals surface area contributed by atoms with Gasteiger partial charge in [0.15, 0.2) is 11.5 Å². The molecule has 1 aliphatic rings. The van der Waals surface area contributed by atoms with E-state index in [0.29, 0.717) is 24.5 Å². The fourth-order valence-electron chi connectivity index (χ4n) is 2.14. The number of amides is 1. The standard InChI is InChI=1S/C16H14BrNO3/c1-18(16(19)11-2-4-12(17)5-3-11)13-6-7-14-15(10-13)21-9-8-20-14/h2-7,10H,8-9H2,1H3. The van der Waals surface area contributed by atoms with Gasteiger partial charge < -0.3 is 14.4 Å². The second-order valence-electron chi connectivity index (χ2n) is 4.70. The molecule has 0 fully saturated rings. The smallest absolute Gasteiger partial charge is 0.258 e. The van der Waals surface area contributed by atoms with Gasteiger partial charge in [0.1, 0.15) is 13.2 Å². The maximum Gasteiger partial charge on any atom is 0.258 e. The van der Waals surface area contributed by atoms with Crippen molar-refractivity contribution >= 4 is 27.5 Å². The molecule has 0 N–H and O–H groups in total. The first kappa shape index (κ1) is 13.9. The summed E-state index contributed by atoms with van der Waals surface area (Å²) in [7, 11) is 1.75. The number of carbonyl (C=O) groups excluding carboxylic acids is 1. The first-order valence-corrected chi connectivity index (χ1v) is 7.38. The Morgan fingerprint density at radius 3 is 2.43 bits per heavy atom. The fraction of sp³-hybridized carbons (Fsp3) is 0.188. The average Bonchev–Trinajstić information content (AvgIpc) is 2.54. The number of ether oxygens (including phenoxy) is 2. The number of anilines is 1. The van der Waals surface area contributed by atoms with Crippen molar-refractivity contribution in [2.45, 2.75) is 0 Å². The Kier molecular flexibility index (Phi) is 3.84. The summed E-state index contributed by atoms with van der Waals surface area (Å²) in [5.41, 5.74) is 1.41. The van der Waals surface area contributed by atoms with Crippen molar-refractivity contribution in [2.24, 2.45) is 0 Å². The van der Waals surface area contributed by atoms with Crippen LogP contribution in [0.25, 0.3) is 0 Å². The number of halogens is 1. The van der Waals surface area contributed by atoms with Crippen molar-refractivity contribution in [2.75, 3.05) is 25.2 Å². The van der Waals surface area contributed by atoms with Gasteiger partial charge in [0, 0.05) is 28.8 Å². The molecule has 0 spiro atoms. The molecular weight excluding hydrogens is 334 g/mol. The van der Waals surface area contributed by atoms with Crippen LogP contribution in [0.5, 0.6) is 11.5 Å².